The SMILES string of the molecule is COCCCC(=O)NC(C)(C)CCO. The zero-order chi connectivity index (χ0) is 11.0. The minimum absolute atomic E-state index is 0.0144. The van der Waals surface area contributed by atoms with E-state index < -0.39 is 0 Å². The average molecular weight is 203 g/mol. The molecule has 0 unspecified atom stereocenters. The van der Waals surface area contributed by atoms with E-state index >= 15 is 0 Å². The van der Waals surface area contributed by atoms with Gasteiger partial charge in [0, 0.05) is 32.3 Å². The summed E-state index contributed by atoms with van der Waals surface area (Å²) in [4.78, 5) is 11.4. The summed E-state index contributed by atoms with van der Waals surface area (Å²) in [5.74, 6) is 0.0144. The Kier molecular flexibility index (Phi) is 6.49. The molecule has 0 aliphatic carbocycles. The number of rotatable bonds is 7. The van der Waals surface area contributed by atoms with E-state index in [1.165, 1.54) is 0 Å². The van der Waals surface area contributed by atoms with E-state index in [0.29, 0.717) is 19.4 Å². The molecule has 4 nitrogen and oxygen atoms in total. The molecule has 0 saturated heterocycles. The van der Waals surface area contributed by atoms with Crippen LogP contribution in [0.2, 0.25) is 0 Å². The Morgan fingerprint density at radius 1 is 1.50 bits per heavy atom. The summed E-state index contributed by atoms with van der Waals surface area (Å²) in [5, 5.41) is 11.6. The third-order valence-corrected chi connectivity index (χ3v) is 1.97. The summed E-state index contributed by atoms with van der Waals surface area (Å²) in [6.45, 7) is 4.49. The standard InChI is InChI=1S/C10H21NO3/c1-10(2,6-7-12)11-9(13)5-4-8-14-3/h12H,4-8H2,1-3H3,(H,11,13). The normalized spacial score (nSPS) is 11.4. The first-order valence-electron chi connectivity index (χ1n) is 4.92. The molecule has 84 valence electrons. The van der Waals surface area contributed by atoms with Gasteiger partial charge in [0.05, 0.1) is 0 Å². The van der Waals surface area contributed by atoms with Gasteiger partial charge in [0.25, 0.3) is 0 Å². The van der Waals surface area contributed by atoms with Crippen LogP contribution in [0.1, 0.15) is 33.1 Å². The molecule has 0 saturated carbocycles. The molecule has 0 heterocycles. The Hall–Kier alpha value is -0.610. The molecule has 4 heteroatoms. The largest absolute Gasteiger partial charge is 0.396 e. The van der Waals surface area contributed by atoms with Crippen molar-refractivity contribution in [3.63, 3.8) is 0 Å². The van der Waals surface area contributed by atoms with E-state index in [4.69, 9.17) is 9.84 Å². The van der Waals surface area contributed by atoms with Crippen molar-refractivity contribution in [1.29, 1.82) is 0 Å². The van der Waals surface area contributed by atoms with Crippen LogP contribution in [-0.4, -0.2) is 36.9 Å². The monoisotopic (exact) mass is 203 g/mol. The van der Waals surface area contributed by atoms with Gasteiger partial charge in [0.1, 0.15) is 0 Å². The van der Waals surface area contributed by atoms with Crippen molar-refractivity contribution in [2.24, 2.45) is 0 Å². The zero-order valence-electron chi connectivity index (χ0n) is 9.30. The van der Waals surface area contributed by atoms with Gasteiger partial charge in [-0.2, -0.15) is 0 Å². The first-order chi connectivity index (χ1) is 6.52. The molecular formula is C10H21NO3. The van der Waals surface area contributed by atoms with Crippen molar-refractivity contribution in [2.45, 2.75) is 38.6 Å². The Bertz CT molecular complexity index is 169. The van der Waals surface area contributed by atoms with Gasteiger partial charge in [-0.3, -0.25) is 4.79 Å². The Morgan fingerprint density at radius 2 is 2.14 bits per heavy atom. The van der Waals surface area contributed by atoms with Crippen LogP contribution in [-0.2, 0) is 9.53 Å². The summed E-state index contributed by atoms with van der Waals surface area (Å²) in [6, 6.07) is 0. The quantitative estimate of drug-likeness (QED) is 0.598. The molecule has 0 radical (unpaired) electrons. The van der Waals surface area contributed by atoms with Gasteiger partial charge in [-0.15, -0.1) is 0 Å². The van der Waals surface area contributed by atoms with Gasteiger partial charge in [-0.1, -0.05) is 0 Å². The number of aliphatic hydroxyl groups excluding tert-OH is 1. The summed E-state index contributed by atoms with van der Waals surface area (Å²) >= 11 is 0. The highest BCUT2D eigenvalue weighted by atomic mass is 16.5. The zero-order valence-corrected chi connectivity index (χ0v) is 9.30. The summed E-state index contributed by atoms with van der Waals surface area (Å²) in [7, 11) is 1.62. The molecule has 0 atom stereocenters. The van der Waals surface area contributed by atoms with Crippen molar-refractivity contribution >= 4 is 5.91 Å². The van der Waals surface area contributed by atoms with Gasteiger partial charge in [-0.25, -0.2) is 0 Å². The fraction of sp³-hybridized carbons (Fsp3) is 0.900. The first-order valence-corrected chi connectivity index (χ1v) is 4.92. The van der Waals surface area contributed by atoms with Gasteiger partial charge in [0.15, 0.2) is 0 Å². The lowest BCUT2D eigenvalue weighted by Gasteiger charge is -2.25. The number of hydrogen-bond acceptors (Lipinski definition) is 3. The minimum Gasteiger partial charge on any atom is -0.396 e. The van der Waals surface area contributed by atoms with E-state index in [-0.39, 0.29) is 18.1 Å². The maximum Gasteiger partial charge on any atom is 0.220 e. The van der Waals surface area contributed by atoms with Crippen molar-refractivity contribution in [1.82, 2.24) is 5.32 Å². The molecule has 1 amide bonds. The van der Waals surface area contributed by atoms with Gasteiger partial charge >= 0.3 is 0 Å². The predicted octanol–water partition coefficient (Wildman–Crippen LogP) is 0.690. The van der Waals surface area contributed by atoms with Crippen LogP contribution in [0.15, 0.2) is 0 Å². The second-order valence-corrected chi connectivity index (χ2v) is 4.00. The third-order valence-electron chi connectivity index (χ3n) is 1.97. The molecule has 0 aliphatic heterocycles. The molecule has 0 aromatic carbocycles. The van der Waals surface area contributed by atoms with Crippen LogP contribution in [0.5, 0.6) is 0 Å². The van der Waals surface area contributed by atoms with Crippen LogP contribution < -0.4 is 5.32 Å². The van der Waals surface area contributed by atoms with Crippen LogP contribution in [0, 0.1) is 0 Å². The smallest absolute Gasteiger partial charge is 0.220 e. The number of amides is 1. The predicted molar refractivity (Wildman–Crippen MR) is 55.0 cm³/mol. The Morgan fingerprint density at radius 3 is 2.64 bits per heavy atom. The maximum atomic E-state index is 11.4. The fourth-order valence-corrected chi connectivity index (χ4v) is 1.16. The summed E-state index contributed by atoms with van der Waals surface area (Å²) < 4.78 is 4.85. The number of ether oxygens (including phenoxy) is 1. The number of carbonyl (C=O) groups excluding carboxylic acids is 1. The van der Waals surface area contributed by atoms with Crippen molar-refractivity contribution in [3.05, 3.63) is 0 Å². The number of aliphatic hydroxyl groups is 1. The second kappa shape index (κ2) is 6.79. The molecule has 0 rings (SSSR count). The summed E-state index contributed by atoms with van der Waals surface area (Å²) in [5.41, 5.74) is -0.321. The Labute approximate surface area is 85.6 Å². The van der Waals surface area contributed by atoms with E-state index in [1.807, 2.05) is 13.8 Å². The number of carbonyl (C=O) groups is 1. The van der Waals surface area contributed by atoms with E-state index in [1.54, 1.807) is 7.11 Å². The van der Waals surface area contributed by atoms with E-state index in [9.17, 15) is 4.79 Å². The van der Waals surface area contributed by atoms with Gasteiger partial charge < -0.3 is 15.2 Å². The van der Waals surface area contributed by atoms with Crippen molar-refractivity contribution in [3.8, 4) is 0 Å². The van der Waals surface area contributed by atoms with Crippen LogP contribution in [0.3, 0.4) is 0 Å². The molecule has 0 spiro atoms. The fourth-order valence-electron chi connectivity index (χ4n) is 1.16. The second-order valence-electron chi connectivity index (χ2n) is 4.00. The van der Waals surface area contributed by atoms with Crippen LogP contribution in [0.4, 0.5) is 0 Å². The third kappa shape index (κ3) is 6.86. The van der Waals surface area contributed by atoms with Crippen LogP contribution >= 0.6 is 0 Å². The topological polar surface area (TPSA) is 58.6 Å². The highest BCUT2D eigenvalue weighted by molar-refractivity contribution is 5.76. The molecule has 14 heavy (non-hydrogen) atoms. The molecule has 0 bridgehead atoms. The number of methoxy groups -OCH3 is 1. The maximum absolute atomic E-state index is 11.4. The number of hydrogen-bond donors (Lipinski definition) is 2. The Balaban J connectivity index is 3.69. The lowest BCUT2D eigenvalue weighted by atomic mass is 10.0. The highest BCUT2D eigenvalue weighted by Crippen LogP contribution is 2.07. The average Bonchev–Trinajstić information content (AvgIpc) is 2.03. The molecule has 0 aliphatic rings. The molecule has 2 N–H and O–H groups in total. The van der Waals surface area contributed by atoms with Crippen molar-refractivity contribution in [2.75, 3.05) is 20.3 Å². The van der Waals surface area contributed by atoms with Gasteiger partial charge in [0.2, 0.25) is 5.91 Å². The van der Waals surface area contributed by atoms with Crippen LogP contribution in [0.25, 0.3) is 0 Å². The van der Waals surface area contributed by atoms with E-state index in [2.05, 4.69) is 5.32 Å². The van der Waals surface area contributed by atoms with E-state index in [0.717, 1.165) is 6.42 Å². The lowest BCUT2D eigenvalue weighted by Crippen LogP contribution is -2.44. The molecule has 0 fully saturated rings. The summed E-state index contributed by atoms with van der Waals surface area (Å²) in [6.07, 6.45) is 1.78. The lowest BCUT2D eigenvalue weighted by molar-refractivity contribution is -0.123. The highest BCUT2D eigenvalue weighted by Gasteiger charge is 2.18. The molecular weight excluding hydrogens is 182 g/mol. The molecule has 0 aromatic heterocycles. The van der Waals surface area contributed by atoms with Gasteiger partial charge in [-0.05, 0) is 26.7 Å². The minimum atomic E-state index is -0.321. The number of nitrogens with one attached hydrogen (secondary N) is 1. The molecule has 0 aromatic rings. The van der Waals surface area contributed by atoms with Crippen molar-refractivity contribution < 1.29 is 14.6 Å². The first kappa shape index (κ1) is 13.4.